The van der Waals surface area contributed by atoms with Gasteiger partial charge >= 0.3 is 0 Å². The number of carbonyl (C=O) groups is 1. The summed E-state index contributed by atoms with van der Waals surface area (Å²) in [5.74, 6) is -1.45. The van der Waals surface area contributed by atoms with Crippen molar-refractivity contribution in [1.82, 2.24) is 0 Å². The highest BCUT2D eigenvalue weighted by atomic mass is 125. The fourth-order valence-corrected chi connectivity index (χ4v) is 2.55. The Bertz CT molecular complexity index is 673. The molecule has 5 nitrogen and oxygen atoms in total. The van der Waals surface area contributed by atoms with Crippen LogP contribution in [0.4, 0.5) is 0 Å². The Morgan fingerprint density at radius 1 is 0.952 bits per heavy atom. The van der Waals surface area contributed by atoms with Crippen molar-refractivity contribution in [2.45, 2.75) is 12.8 Å². The van der Waals surface area contributed by atoms with Crippen LogP contribution in [0.3, 0.4) is 0 Å². The maximum atomic E-state index is 12.1. The second-order valence-corrected chi connectivity index (χ2v) is 5.73. The number of ketones is 1. The number of benzene rings is 2. The van der Waals surface area contributed by atoms with Gasteiger partial charge in [0.25, 0.3) is 0 Å². The van der Waals surface area contributed by atoms with Crippen LogP contribution in [-0.2, 0) is 6.42 Å². The third-order valence-electron chi connectivity index (χ3n) is 3.01. The van der Waals surface area contributed by atoms with Crippen LogP contribution in [0.5, 0.6) is 23.0 Å². The molecule has 6 heteroatoms. The van der Waals surface area contributed by atoms with Crippen molar-refractivity contribution < 1.29 is 25.2 Å². The number of hydrogen-bond donors (Lipinski definition) is 4. The molecule has 0 bridgehead atoms. The van der Waals surface area contributed by atoms with Gasteiger partial charge < -0.3 is 20.4 Å². The largest absolute Gasteiger partial charge is 0.508 e. The lowest BCUT2D eigenvalue weighted by Crippen LogP contribution is -2.02. The number of carbonyl (C=O) groups excluding carboxylic acids is 1. The second kappa shape index (κ2) is 6.21. The summed E-state index contributed by atoms with van der Waals surface area (Å²) in [4.78, 5) is 12.1. The summed E-state index contributed by atoms with van der Waals surface area (Å²) < 4.78 is 0.688. The Morgan fingerprint density at radius 2 is 1.57 bits per heavy atom. The molecule has 0 saturated heterocycles. The van der Waals surface area contributed by atoms with E-state index in [-0.39, 0.29) is 23.5 Å². The lowest BCUT2D eigenvalue weighted by Gasteiger charge is -2.08. The van der Waals surface area contributed by atoms with E-state index in [1.54, 1.807) is 18.2 Å². The molecule has 0 radical (unpaired) electrons. The third kappa shape index (κ3) is 3.57. The summed E-state index contributed by atoms with van der Waals surface area (Å²) in [6.07, 6.45) is 0.502. The zero-order chi connectivity index (χ0) is 15.6. The zero-order valence-electron chi connectivity index (χ0n) is 10.9. The lowest BCUT2D eigenvalue weighted by molar-refractivity contribution is 0.0977. The molecule has 0 heterocycles. The molecule has 0 aliphatic heterocycles. The van der Waals surface area contributed by atoms with Crippen LogP contribution in [0, 0.1) is 3.57 Å². The maximum absolute atomic E-state index is 12.1. The van der Waals surface area contributed by atoms with Crippen molar-refractivity contribution in [2.24, 2.45) is 0 Å². The third-order valence-corrected chi connectivity index (χ3v) is 3.88. The minimum atomic E-state index is -0.446. The Hall–Kier alpha value is -1.96. The Morgan fingerprint density at radius 3 is 2.14 bits per heavy atom. The molecule has 2 aromatic rings. The van der Waals surface area contributed by atoms with Crippen molar-refractivity contribution in [2.75, 3.05) is 0 Å². The van der Waals surface area contributed by atoms with Gasteiger partial charge in [0.15, 0.2) is 5.78 Å². The normalized spacial score (nSPS) is 10.5. The molecule has 21 heavy (non-hydrogen) atoms. The van der Waals surface area contributed by atoms with E-state index >= 15 is 0 Å². The first-order chi connectivity index (χ1) is 9.88. The smallest absolute Gasteiger partial charge is 0.170 e. The number of hydrogen-bond acceptors (Lipinski definition) is 5. The summed E-state index contributed by atoms with van der Waals surface area (Å²) in [5, 5.41) is 37.9. The van der Waals surface area contributed by atoms with Crippen molar-refractivity contribution >= 4 is 28.4 Å². The van der Waals surface area contributed by atoms with Gasteiger partial charge in [0, 0.05) is 18.6 Å². The van der Waals surface area contributed by atoms with Crippen molar-refractivity contribution in [3.63, 3.8) is 0 Å². The quantitative estimate of drug-likeness (QED) is 0.469. The van der Waals surface area contributed by atoms with Gasteiger partial charge in [-0.2, -0.15) is 0 Å². The Balaban J connectivity index is 2.13. The highest BCUT2D eigenvalue weighted by molar-refractivity contribution is 14.1. The molecule has 4 N–H and O–H groups in total. The van der Waals surface area contributed by atoms with Gasteiger partial charge in [0.1, 0.15) is 28.6 Å². The first-order valence-corrected chi connectivity index (χ1v) is 7.22. The Kier molecular flexibility index (Phi) is 4.56. The van der Waals surface area contributed by atoms with E-state index in [9.17, 15) is 25.2 Å². The summed E-state index contributed by atoms with van der Waals surface area (Å²) in [5.41, 5.74) is 0.671. The van der Waals surface area contributed by atoms with Crippen molar-refractivity contribution in [3.8, 4) is 23.0 Å². The molecule has 0 saturated carbocycles. The Labute approximate surface area is 134 Å². The molecule has 0 spiro atoms. The van der Waals surface area contributed by atoms with Gasteiger partial charge in [-0.1, -0.05) is 6.07 Å². The van der Waals surface area contributed by atoms with Crippen LogP contribution in [0.15, 0.2) is 30.3 Å². The van der Waals surface area contributed by atoms with E-state index in [2.05, 4.69) is 0 Å². The first kappa shape index (κ1) is 15.4. The average Bonchev–Trinajstić information content (AvgIpc) is 2.39. The second-order valence-electron chi connectivity index (χ2n) is 4.57. The molecule has 0 atom stereocenters. The van der Waals surface area contributed by atoms with Crippen LogP contribution in [0.1, 0.15) is 22.3 Å². The highest BCUT2D eigenvalue weighted by Gasteiger charge is 2.17. The SMILES string of the molecule is O=C(CCc1ccc(O)c([125I])c1)c1c(O)cc(O)cc1O. The molecule has 0 aliphatic rings. The summed E-state index contributed by atoms with van der Waals surface area (Å²) in [6.45, 7) is 0. The first-order valence-electron chi connectivity index (χ1n) is 6.14. The fraction of sp³-hybridized carbons (Fsp3) is 0.133. The number of phenols is 4. The van der Waals surface area contributed by atoms with Crippen molar-refractivity contribution in [3.05, 3.63) is 45.0 Å². The number of rotatable bonds is 4. The molecule has 0 unspecified atom stereocenters. The number of Topliss-reactive ketones (excluding diaryl/α,β-unsaturated/α-hetero) is 1. The van der Waals surface area contributed by atoms with Gasteiger partial charge in [-0.25, -0.2) is 0 Å². The van der Waals surface area contributed by atoms with Gasteiger partial charge in [-0.3, -0.25) is 4.79 Å². The van der Waals surface area contributed by atoms with E-state index in [0.717, 1.165) is 17.7 Å². The standard InChI is InChI=1S/C15H13IO5/c16-10-5-8(1-3-11(10)18)2-4-12(19)15-13(20)6-9(17)7-14(15)21/h1,3,5-7,17-18,20-21H,2,4H2/i16-2. The van der Waals surface area contributed by atoms with Crippen LogP contribution >= 0.6 is 22.6 Å². The van der Waals surface area contributed by atoms with Gasteiger partial charge in [0.2, 0.25) is 0 Å². The average molecular weight is 398 g/mol. The molecule has 110 valence electrons. The molecule has 0 amide bonds. The predicted octanol–water partition coefficient (Wildman–Crippen LogP) is 2.93. The number of phenolic OH excluding ortho intramolecular Hbond substituents is 4. The molecular formula is C15H13IO5. The molecule has 0 fully saturated rings. The molecule has 0 aromatic heterocycles. The van der Waals surface area contributed by atoms with E-state index in [4.69, 9.17) is 0 Å². The molecule has 0 aliphatic carbocycles. The van der Waals surface area contributed by atoms with E-state index in [1.807, 2.05) is 22.6 Å². The molecule has 2 aromatic carbocycles. The fourth-order valence-electron chi connectivity index (χ4n) is 1.97. The number of halogens is 1. The minimum Gasteiger partial charge on any atom is -0.508 e. The van der Waals surface area contributed by atoms with Gasteiger partial charge in [-0.15, -0.1) is 0 Å². The van der Waals surface area contributed by atoms with E-state index in [1.165, 1.54) is 0 Å². The summed E-state index contributed by atoms with van der Waals surface area (Å²) in [7, 11) is 0. The van der Waals surface area contributed by atoms with Gasteiger partial charge in [-0.05, 0) is 46.7 Å². The number of aromatic hydroxyl groups is 4. The van der Waals surface area contributed by atoms with E-state index in [0.29, 0.717) is 9.99 Å². The lowest BCUT2D eigenvalue weighted by atomic mass is 10.0. The van der Waals surface area contributed by atoms with Crippen molar-refractivity contribution in [1.29, 1.82) is 0 Å². The maximum Gasteiger partial charge on any atom is 0.170 e. The van der Waals surface area contributed by atoms with Crippen LogP contribution in [0.25, 0.3) is 0 Å². The monoisotopic (exact) mass is 398 g/mol. The zero-order valence-corrected chi connectivity index (χ0v) is 13.0. The minimum absolute atomic E-state index is 0.0900. The molecule has 2 rings (SSSR count). The van der Waals surface area contributed by atoms with Crippen LogP contribution in [-0.4, -0.2) is 26.2 Å². The summed E-state index contributed by atoms with van der Waals surface area (Å²) >= 11 is 1.99. The van der Waals surface area contributed by atoms with E-state index < -0.39 is 17.3 Å². The van der Waals surface area contributed by atoms with Crippen LogP contribution in [0.2, 0.25) is 0 Å². The van der Waals surface area contributed by atoms with Crippen LogP contribution < -0.4 is 0 Å². The topological polar surface area (TPSA) is 98.0 Å². The highest BCUT2D eigenvalue weighted by Crippen LogP contribution is 2.33. The number of aryl methyl sites for hydroxylation is 1. The predicted molar refractivity (Wildman–Crippen MR) is 84.9 cm³/mol. The molecular weight excluding hydrogens is 385 g/mol. The summed E-state index contributed by atoms with van der Waals surface area (Å²) in [6, 6.07) is 7.05. The van der Waals surface area contributed by atoms with Gasteiger partial charge in [0.05, 0.1) is 3.57 Å².